The highest BCUT2D eigenvalue weighted by Gasteiger charge is 2.16. The molecule has 1 rings (SSSR count). The first-order valence-corrected chi connectivity index (χ1v) is 4.59. The van der Waals surface area contributed by atoms with Crippen molar-refractivity contribution in [1.29, 1.82) is 0 Å². The van der Waals surface area contributed by atoms with Crippen LogP contribution in [0.15, 0.2) is 0 Å². The van der Waals surface area contributed by atoms with E-state index in [1.54, 1.807) is 0 Å². The van der Waals surface area contributed by atoms with Gasteiger partial charge >= 0.3 is 0 Å². The van der Waals surface area contributed by atoms with E-state index in [4.69, 9.17) is 5.11 Å². The van der Waals surface area contributed by atoms with E-state index in [0.29, 0.717) is 0 Å². The number of hydrogen-bond acceptors (Lipinski definition) is 2. The molecule has 0 aromatic heterocycles. The summed E-state index contributed by atoms with van der Waals surface area (Å²) in [4.78, 5) is 2.35. The van der Waals surface area contributed by atoms with E-state index in [2.05, 4.69) is 11.8 Å². The summed E-state index contributed by atoms with van der Waals surface area (Å²) in [7, 11) is 0. The maximum absolute atomic E-state index is 9.13. The Labute approximate surface area is 69.2 Å². The average molecular weight is 157 g/mol. The van der Waals surface area contributed by atoms with Gasteiger partial charge in [-0.3, -0.25) is 0 Å². The van der Waals surface area contributed by atoms with Gasteiger partial charge in [0.2, 0.25) is 0 Å². The molecule has 1 heterocycles. The van der Waals surface area contributed by atoms with E-state index >= 15 is 0 Å². The van der Waals surface area contributed by atoms with Crippen molar-refractivity contribution in [2.24, 2.45) is 5.92 Å². The van der Waals surface area contributed by atoms with Gasteiger partial charge in [0.15, 0.2) is 0 Å². The number of hydrogen-bond donors (Lipinski definition) is 1. The monoisotopic (exact) mass is 157 g/mol. The molecule has 2 nitrogen and oxygen atoms in total. The maximum Gasteiger partial charge on any atom is 0.0639 e. The third-order valence-corrected chi connectivity index (χ3v) is 2.40. The van der Waals surface area contributed by atoms with E-state index in [1.165, 1.54) is 25.9 Å². The predicted octanol–water partition coefficient (Wildman–Crippen LogP) is 1.10. The first kappa shape index (κ1) is 9.01. The minimum atomic E-state index is -0.164. The van der Waals surface area contributed by atoms with Crippen molar-refractivity contribution in [1.82, 2.24) is 4.90 Å². The highest BCUT2D eigenvalue weighted by Crippen LogP contribution is 2.15. The Bertz CT molecular complexity index is 106. The van der Waals surface area contributed by atoms with E-state index in [0.717, 1.165) is 12.5 Å². The van der Waals surface area contributed by atoms with E-state index in [9.17, 15) is 0 Å². The summed E-state index contributed by atoms with van der Waals surface area (Å²) >= 11 is 0. The van der Waals surface area contributed by atoms with Gasteiger partial charge in [-0.25, -0.2) is 0 Å². The predicted molar refractivity (Wildman–Crippen MR) is 46.5 cm³/mol. The summed E-state index contributed by atoms with van der Waals surface area (Å²) in [6, 6.07) is 0. The second-order valence-corrected chi connectivity index (χ2v) is 3.83. The topological polar surface area (TPSA) is 23.5 Å². The third kappa shape index (κ3) is 3.21. The molecular formula is C9H19NO. The second-order valence-electron chi connectivity index (χ2n) is 3.83. The number of rotatable bonds is 2. The molecule has 0 spiro atoms. The summed E-state index contributed by atoms with van der Waals surface area (Å²) in [5.74, 6) is 0.889. The fraction of sp³-hybridized carbons (Fsp3) is 1.00. The zero-order valence-electron chi connectivity index (χ0n) is 7.58. The van der Waals surface area contributed by atoms with Crippen molar-refractivity contribution in [3.8, 4) is 0 Å². The van der Waals surface area contributed by atoms with Crippen LogP contribution in [0.3, 0.4) is 0 Å². The zero-order chi connectivity index (χ0) is 8.27. The van der Waals surface area contributed by atoms with Crippen molar-refractivity contribution < 1.29 is 5.11 Å². The SMILES string of the molecule is CC1CCN(C[C@H](C)O)CC1. The number of piperidine rings is 1. The van der Waals surface area contributed by atoms with Gasteiger partial charge in [-0.05, 0) is 38.8 Å². The summed E-state index contributed by atoms with van der Waals surface area (Å²) < 4.78 is 0. The highest BCUT2D eigenvalue weighted by molar-refractivity contribution is 4.70. The molecule has 0 aliphatic carbocycles. The minimum absolute atomic E-state index is 0.164. The Balaban J connectivity index is 2.17. The van der Waals surface area contributed by atoms with Gasteiger partial charge in [-0.1, -0.05) is 6.92 Å². The standard InChI is InChI=1S/C9H19NO/c1-8-3-5-10(6-4-8)7-9(2)11/h8-9,11H,3-7H2,1-2H3/t9-/m0/s1. The fourth-order valence-corrected chi connectivity index (χ4v) is 1.62. The van der Waals surface area contributed by atoms with Crippen LogP contribution in [-0.2, 0) is 0 Å². The molecule has 1 fully saturated rings. The van der Waals surface area contributed by atoms with Crippen molar-refractivity contribution in [3.05, 3.63) is 0 Å². The van der Waals surface area contributed by atoms with Crippen molar-refractivity contribution >= 4 is 0 Å². The van der Waals surface area contributed by atoms with E-state index in [-0.39, 0.29) is 6.10 Å². The molecule has 1 saturated heterocycles. The number of aliphatic hydroxyl groups is 1. The van der Waals surface area contributed by atoms with Gasteiger partial charge < -0.3 is 10.0 Å². The average Bonchev–Trinajstić information content (AvgIpc) is 1.93. The molecular weight excluding hydrogens is 138 g/mol. The number of aliphatic hydroxyl groups excluding tert-OH is 1. The minimum Gasteiger partial charge on any atom is -0.392 e. The van der Waals surface area contributed by atoms with Gasteiger partial charge in [-0.15, -0.1) is 0 Å². The zero-order valence-corrected chi connectivity index (χ0v) is 7.58. The number of nitrogens with zero attached hydrogens (tertiary/aromatic N) is 1. The van der Waals surface area contributed by atoms with Crippen LogP contribution >= 0.6 is 0 Å². The van der Waals surface area contributed by atoms with Gasteiger partial charge in [0.1, 0.15) is 0 Å². The molecule has 0 bridgehead atoms. The molecule has 1 aliphatic heterocycles. The lowest BCUT2D eigenvalue weighted by atomic mass is 9.99. The van der Waals surface area contributed by atoms with Gasteiger partial charge in [0.25, 0.3) is 0 Å². The molecule has 11 heavy (non-hydrogen) atoms. The summed E-state index contributed by atoms with van der Waals surface area (Å²) in [6.45, 7) is 7.36. The Morgan fingerprint density at radius 3 is 2.45 bits per heavy atom. The molecule has 0 aromatic rings. The van der Waals surface area contributed by atoms with Crippen LogP contribution in [0.5, 0.6) is 0 Å². The first-order valence-electron chi connectivity index (χ1n) is 4.59. The van der Waals surface area contributed by atoms with Crippen LogP contribution in [0.1, 0.15) is 26.7 Å². The lowest BCUT2D eigenvalue weighted by Gasteiger charge is -2.30. The van der Waals surface area contributed by atoms with Gasteiger partial charge in [-0.2, -0.15) is 0 Å². The molecule has 0 radical (unpaired) electrons. The molecule has 0 unspecified atom stereocenters. The molecule has 1 aliphatic rings. The summed E-state index contributed by atoms with van der Waals surface area (Å²) in [6.07, 6.45) is 2.43. The Kier molecular flexibility index (Phi) is 3.34. The van der Waals surface area contributed by atoms with Crippen molar-refractivity contribution in [3.63, 3.8) is 0 Å². The lowest BCUT2D eigenvalue weighted by molar-refractivity contribution is 0.103. The third-order valence-electron chi connectivity index (χ3n) is 2.40. The Morgan fingerprint density at radius 1 is 1.45 bits per heavy atom. The van der Waals surface area contributed by atoms with Crippen molar-refractivity contribution in [2.45, 2.75) is 32.8 Å². The van der Waals surface area contributed by atoms with Crippen molar-refractivity contribution in [2.75, 3.05) is 19.6 Å². The number of β-amino-alcohol motifs (C(OH)–C–C–N with tert-alkyl or cyclic N) is 1. The van der Waals surface area contributed by atoms with Gasteiger partial charge in [0.05, 0.1) is 6.10 Å². The number of likely N-dealkylation sites (tertiary alicyclic amines) is 1. The Hall–Kier alpha value is -0.0800. The molecule has 2 heteroatoms. The lowest BCUT2D eigenvalue weighted by Crippen LogP contribution is -2.37. The Morgan fingerprint density at radius 2 is 2.00 bits per heavy atom. The second kappa shape index (κ2) is 4.07. The molecule has 1 N–H and O–H groups in total. The molecule has 0 amide bonds. The first-order chi connectivity index (χ1) is 5.18. The van der Waals surface area contributed by atoms with Crippen LogP contribution in [0.2, 0.25) is 0 Å². The largest absolute Gasteiger partial charge is 0.392 e. The summed E-state index contributed by atoms with van der Waals surface area (Å²) in [5, 5.41) is 9.13. The van der Waals surface area contributed by atoms with Crippen LogP contribution in [0.25, 0.3) is 0 Å². The van der Waals surface area contributed by atoms with Crippen LogP contribution in [0.4, 0.5) is 0 Å². The van der Waals surface area contributed by atoms with Crippen LogP contribution in [-0.4, -0.2) is 35.7 Å². The van der Waals surface area contributed by atoms with E-state index < -0.39 is 0 Å². The molecule has 0 saturated carbocycles. The van der Waals surface area contributed by atoms with Crippen LogP contribution in [0, 0.1) is 5.92 Å². The van der Waals surface area contributed by atoms with Gasteiger partial charge in [0, 0.05) is 6.54 Å². The maximum atomic E-state index is 9.13. The highest BCUT2D eigenvalue weighted by atomic mass is 16.3. The molecule has 66 valence electrons. The fourth-order valence-electron chi connectivity index (χ4n) is 1.62. The van der Waals surface area contributed by atoms with E-state index in [1.807, 2.05) is 6.92 Å². The molecule has 0 aromatic carbocycles. The normalized spacial score (nSPS) is 25.4. The van der Waals surface area contributed by atoms with Crippen LogP contribution < -0.4 is 0 Å². The summed E-state index contributed by atoms with van der Waals surface area (Å²) in [5.41, 5.74) is 0. The smallest absolute Gasteiger partial charge is 0.0639 e. The molecule has 1 atom stereocenters. The quantitative estimate of drug-likeness (QED) is 0.649.